The number of halogens is 4. The SMILES string of the molecule is CCN1CCI(c2cc(C(=O)Nc3ccc(C)c(-n4c(=O)c5cnc(NC)nc5n(C)c4=O)c3)cc(C(F)(F)F)c2)CC1. The molecule has 2 aromatic carbocycles. The first-order valence-corrected chi connectivity index (χ1v) is 17.7. The zero-order chi connectivity index (χ0) is 31.1. The Kier molecular flexibility index (Phi) is 8.61. The molecule has 43 heavy (non-hydrogen) atoms. The van der Waals surface area contributed by atoms with Crippen LogP contribution in [0.25, 0.3) is 16.7 Å². The summed E-state index contributed by atoms with van der Waals surface area (Å²) in [5, 5.41) is 5.55. The van der Waals surface area contributed by atoms with Crippen LogP contribution in [0, 0.1) is 10.5 Å². The monoisotopic (exact) mass is 709 g/mol. The van der Waals surface area contributed by atoms with Crippen LogP contribution in [0.3, 0.4) is 0 Å². The molecule has 0 saturated carbocycles. The molecule has 0 bridgehead atoms. The zero-order valence-electron chi connectivity index (χ0n) is 24.0. The molecular weight excluding hydrogens is 678 g/mol. The topological polar surface area (TPSA) is 114 Å². The number of rotatable bonds is 6. The number of aromatic nitrogens is 4. The van der Waals surface area contributed by atoms with Crippen LogP contribution in [0.5, 0.6) is 0 Å². The minimum absolute atomic E-state index is 0.0848. The Morgan fingerprint density at radius 2 is 1.81 bits per heavy atom. The summed E-state index contributed by atoms with van der Waals surface area (Å²) in [6, 6.07) is 8.31. The molecule has 1 amide bonds. The Labute approximate surface area is 252 Å². The number of carbonyl (C=O) groups is 1. The van der Waals surface area contributed by atoms with E-state index in [0.29, 0.717) is 9.13 Å². The second kappa shape index (κ2) is 12.1. The third-order valence-electron chi connectivity index (χ3n) is 7.43. The number of alkyl halides is 5. The summed E-state index contributed by atoms with van der Waals surface area (Å²) in [4.78, 5) is 50.7. The number of fused-ring (bicyclic) bond motifs is 1. The molecule has 1 aliphatic rings. The van der Waals surface area contributed by atoms with E-state index in [9.17, 15) is 27.6 Å². The number of benzene rings is 2. The molecule has 2 N–H and O–H groups in total. The van der Waals surface area contributed by atoms with E-state index in [-0.39, 0.29) is 33.9 Å². The molecule has 0 radical (unpaired) electrons. The Bertz CT molecular complexity index is 1830. The summed E-state index contributed by atoms with van der Waals surface area (Å²) in [5.41, 5.74) is -1.09. The Morgan fingerprint density at radius 1 is 1.09 bits per heavy atom. The van der Waals surface area contributed by atoms with Crippen molar-refractivity contribution in [1.82, 2.24) is 24.0 Å². The van der Waals surface area contributed by atoms with Gasteiger partial charge in [-0.15, -0.1) is 0 Å². The summed E-state index contributed by atoms with van der Waals surface area (Å²) >= 11 is -1.91. The maximum absolute atomic E-state index is 13.9. The normalized spacial score (nSPS) is 15.1. The third kappa shape index (κ3) is 6.16. The van der Waals surface area contributed by atoms with E-state index in [4.69, 9.17) is 0 Å². The fraction of sp³-hybridized carbons (Fsp3) is 0.345. The van der Waals surface area contributed by atoms with Gasteiger partial charge in [0.15, 0.2) is 0 Å². The zero-order valence-corrected chi connectivity index (χ0v) is 26.2. The van der Waals surface area contributed by atoms with Crippen LogP contribution < -0.4 is 21.9 Å². The van der Waals surface area contributed by atoms with Crippen LogP contribution in [0.1, 0.15) is 28.4 Å². The van der Waals surface area contributed by atoms with Gasteiger partial charge in [0.1, 0.15) is 0 Å². The maximum atomic E-state index is 13.9. The number of nitrogens with one attached hydrogen (secondary N) is 2. The molecule has 2 aromatic heterocycles. The molecule has 4 aromatic rings. The van der Waals surface area contributed by atoms with E-state index >= 15 is 0 Å². The van der Waals surface area contributed by atoms with Crippen LogP contribution in [0.4, 0.5) is 24.8 Å². The van der Waals surface area contributed by atoms with Crippen molar-refractivity contribution in [3.8, 4) is 5.69 Å². The van der Waals surface area contributed by atoms with Crippen LogP contribution in [-0.4, -0.2) is 65.4 Å². The van der Waals surface area contributed by atoms with Gasteiger partial charge in [-0.1, -0.05) is 0 Å². The molecule has 1 fully saturated rings. The molecule has 1 aliphatic heterocycles. The second-order valence-electron chi connectivity index (χ2n) is 10.1. The van der Waals surface area contributed by atoms with Crippen LogP contribution in [0.15, 0.2) is 52.2 Å². The van der Waals surface area contributed by atoms with Gasteiger partial charge in [0.2, 0.25) is 5.95 Å². The molecule has 0 atom stereocenters. The Hall–Kier alpha value is -3.79. The molecule has 3 heterocycles. The Balaban J connectivity index is 1.51. The van der Waals surface area contributed by atoms with Crippen molar-refractivity contribution in [2.45, 2.75) is 20.0 Å². The number of amides is 1. The molecule has 5 rings (SSSR count). The molecule has 0 spiro atoms. The summed E-state index contributed by atoms with van der Waals surface area (Å²) in [6.45, 7) is 6.37. The summed E-state index contributed by atoms with van der Waals surface area (Å²) < 4.78 is 46.2. The van der Waals surface area contributed by atoms with E-state index in [1.807, 2.05) is 0 Å². The van der Waals surface area contributed by atoms with Gasteiger partial charge in [-0.2, -0.15) is 4.98 Å². The number of aryl methyl sites for hydroxylation is 2. The van der Waals surface area contributed by atoms with E-state index in [2.05, 4.69) is 32.4 Å². The summed E-state index contributed by atoms with van der Waals surface area (Å²) in [6.07, 6.45) is -3.27. The quantitative estimate of drug-likeness (QED) is 0.229. The molecule has 10 nitrogen and oxygen atoms in total. The van der Waals surface area contributed by atoms with E-state index in [0.717, 1.165) is 39.1 Å². The average molecular weight is 710 g/mol. The van der Waals surface area contributed by atoms with Crippen molar-refractivity contribution in [3.05, 3.63) is 83.7 Å². The van der Waals surface area contributed by atoms with Crippen LogP contribution in [-0.2, 0) is 13.2 Å². The van der Waals surface area contributed by atoms with Gasteiger partial charge in [0.25, 0.3) is 0 Å². The van der Waals surface area contributed by atoms with E-state index in [1.54, 1.807) is 32.2 Å². The summed E-state index contributed by atoms with van der Waals surface area (Å²) in [7, 11) is 3.09. The summed E-state index contributed by atoms with van der Waals surface area (Å²) in [5.74, 6) is -0.468. The number of hydrogen-bond acceptors (Lipinski definition) is 7. The molecular formula is C29H31F3IN7O3. The van der Waals surface area contributed by atoms with Crippen molar-refractivity contribution < 1.29 is 18.0 Å². The third-order valence-corrected chi connectivity index (χ3v) is 13.4. The van der Waals surface area contributed by atoms with E-state index < -0.39 is 48.7 Å². The molecule has 0 unspecified atom stereocenters. The number of carbonyl (C=O) groups excluding carboxylic acids is 1. The van der Waals surface area contributed by atoms with Gasteiger partial charge in [-0.3, -0.25) is 0 Å². The van der Waals surface area contributed by atoms with E-state index in [1.165, 1.54) is 29.9 Å². The Morgan fingerprint density at radius 3 is 2.47 bits per heavy atom. The van der Waals surface area contributed by atoms with Crippen molar-refractivity contribution >= 4 is 48.4 Å². The second-order valence-corrected chi connectivity index (χ2v) is 16.1. The van der Waals surface area contributed by atoms with Gasteiger partial charge < -0.3 is 5.32 Å². The molecule has 228 valence electrons. The predicted octanol–water partition coefficient (Wildman–Crippen LogP) is 4.11. The van der Waals surface area contributed by atoms with Gasteiger partial charge in [0.05, 0.1) is 0 Å². The van der Waals surface area contributed by atoms with Gasteiger partial charge in [-0.05, 0) is 0 Å². The number of nitrogens with zero attached hydrogens (tertiary/aromatic N) is 5. The van der Waals surface area contributed by atoms with Crippen molar-refractivity contribution in [3.63, 3.8) is 0 Å². The fourth-order valence-electron chi connectivity index (χ4n) is 4.91. The van der Waals surface area contributed by atoms with Gasteiger partial charge in [-0.25, -0.2) is 4.98 Å². The standard InChI is InChI=1S/C29H31F3IN7O3/c1-5-39-10-8-33(9-11-39)20-13-18(12-19(14-20)29(30,31)32)25(41)36-21-7-6-17(2)23(15-21)40-26(42)22-16-35-27(34-3)37-24(22)38(4)28(40)43/h6-7,12-16H,5,8-11H2,1-4H3,(H,36,41)(H,34,35,37). The molecule has 1 saturated heterocycles. The fourth-order valence-corrected chi connectivity index (χ4v) is 10.8. The van der Waals surface area contributed by atoms with Crippen LogP contribution >= 0.6 is 19.8 Å². The van der Waals surface area contributed by atoms with Gasteiger partial charge in [0, 0.05) is 7.05 Å². The van der Waals surface area contributed by atoms with Crippen molar-refractivity contribution in [2.24, 2.45) is 7.05 Å². The first-order valence-electron chi connectivity index (χ1n) is 13.6. The van der Waals surface area contributed by atoms with Gasteiger partial charge >= 0.3 is 225 Å². The number of hydrogen-bond donors (Lipinski definition) is 2. The minimum atomic E-state index is -4.60. The first kappa shape index (κ1) is 30.7. The number of anilines is 2. The average Bonchev–Trinajstić information content (AvgIpc) is 3.00. The first-order chi connectivity index (χ1) is 20.4. The predicted molar refractivity (Wildman–Crippen MR) is 169 cm³/mol. The van der Waals surface area contributed by atoms with Crippen molar-refractivity contribution in [1.29, 1.82) is 0 Å². The molecule has 14 heteroatoms. The van der Waals surface area contributed by atoms with Crippen molar-refractivity contribution in [2.75, 3.05) is 46.2 Å². The molecule has 0 aliphatic carbocycles. The van der Waals surface area contributed by atoms with Crippen LogP contribution in [0.2, 0.25) is 0 Å².